The molecule has 0 saturated carbocycles. The molecule has 104 valence electrons. The number of carbonyl (C=O) groups is 1. The molecule has 2 rings (SSSR count). The Morgan fingerprint density at radius 2 is 1.89 bits per heavy atom. The molecule has 2 heterocycles. The Labute approximate surface area is 115 Å². The van der Waals surface area contributed by atoms with Gasteiger partial charge in [-0.1, -0.05) is 20.8 Å². The van der Waals surface area contributed by atoms with Crippen molar-refractivity contribution in [2.45, 2.75) is 40.0 Å². The number of nitrogens with one attached hydrogen (secondary N) is 1. The maximum atomic E-state index is 11.9. The first-order valence-electron chi connectivity index (χ1n) is 6.99. The van der Waals surface area contributed by atoms with Gasteiger partial charge in [0.1, 0.15) is 5.82 Å². The van der Waals surface area contributed by atoms with Crippen molar-refractivity contribution in [2.75, 3.05) is 23.3 Å². The monoisotopic (exact) mass is 261 g/mol. The van der Waals surface area contributed by atoms with E-state index in [-0.39, 0.29) is 11.3 Å². The van der Waals surface area contributed by atoms with Crippen LogP contribution < -0.4 is 10.2 Å². The van der Waals surface area contributed by atoms with Crippen molar-refractivity contribution in [2.24, 2.45) is 5.41 Å². The summed E-state index contributed by atoms with van der Waals surface area (Å²) in [4.78, 5) is 18.6. The Morgan fingerprint density at radius 3 is 2.42 bits per heavy atom. The Kier molecular flexibility index (Phi) is 4.08. The Bertz CT molecular complexity index is 428. The number of pyridine rings is 1. The zero-order valence-electron chi connectivity index (χ0n) is 12.1. The van der Waals surface area contributed by atoms with Crippen LogP contribution in [0.5, 0.6) is 0 Å². The molecule has 19 heavy (non-hydrogen) atoms. The number of carbonyl (C=O) groups excluding carboxylic acids is 1. The highest BCUT2D eigenvalue weighted by atomic mass is 16.2. The molecular weight excluding hydrogens is 238 g/mol. The van der Waals surface area contributed by atoms with E-state index in [1.807, 2.05) is 32.9 Å². The summed E-state index contributed by atoms with van der Waals surface area (Å²) in [6.45, 7) is 7.87. The van der Waals surface area contributed by atoms with E-state index in [0.29, 0.717) is 0 Å². The van der Waals surface area contributed by atoms with Gasteiger partial charge in [0, 0.05) is 18.5 Å². The molecule has 1 aromatic heterocycles. The van der Waals surface area contributed by atoms with Crippen molar-refractivity contribution in [3.8, 4) is 0 Å². The van der Waals surface area contributed by atoms with Crippen LogP contribution in [0.1, 0.15) is 40.0 Å². The first-order chi connectivity index (χ1) is 8.97. The summed E-state index contributed by atoms with van der Waals surface area (Å²) in [5.41, 5.74) is 0.381. The number of piperidine rings is 1. The maximum absolute atomic E-state index is 11.9. The van der Waals surface area contributed by atoms with Crippen LogP contribution in [0.4, 0.5) is 11.5 Å². The summed E-state index contributed by atoms with van der Waals surface area (Å²) in [5.74, 6) is 1.02. The van der Waals surface area contributed by atoms with Crippen LogP contribution in [0.2, 0.25) is 0 Å². The minimum atomic E-state index is -0.383. The molecule has 0 aromatic carbocycles. The number of hydrogen-bond acceptors (Lipinski definition) is 3. The average Bonchev–Trinajstić information content (AvgIpc) is 2.39. The second-order valence-electron chi connectivity index (χ2n) is 6.16. The summed E-state index contributed by atoms with van der Waals surface area (Å²) >= 11 is 0. The molecule has 0 atom stereocenters. The van der Waals surface area contributed by atoms with Gasteiger partial charge in [-0.3, -0.25) is 4.79 Å². The van der Waals surface area contributed by atoms with E-state index in [1.165, 1.54) is 19.3 Å². The molecule has 1 N–H and O–H groups in total. The standard InChI is InChI=1S/C15H23N3O/c1-15(2,3)14(19)17-12-7-8-13(16-11-12)18-9-5-4-6-10-18/h7-8,11H,4-6,9-10H2,1-3H3,(H,17,19). The van der Waals surface area contributed by atoms with Crippen molar-refractivity contribution >= 4 is 17.4 Å². The summed E-state index contributed by atoms with van der Waals surface area (Å²) in [6, 6.07) is 3.92. The minimum absolute atomic E-state index is 0.0139. The fourth-order valence-electron chi connectivity index (χ4n) is 2.09. The van der Waals surface area contributed by atoms with E-state index in [4.69, 9.17) is 0 Å². The van der Waals surface area contributed by atoms with Gasteiger partial charge >= 0.3 is 0 Å². The van der Waals surface area contributed by atoms with Crippen molar-refractivity contribution in [3.05, 3.63) is 18.3 Å². The molecule has 0 unspecified atom stereocenters. The predicted octanol–water partition coefficient (Wildman–Crippen LogP) is 3.06. The van der Waals surface area contributed by atoms with E-state index in [0.717, 1.165) is 24.6 Å². The van der Waals surface area contributed by atoms with Crippen LogP contribution >= 0.6 is 0 Å². The topological polar surface area (TPSA) is 45.2 Å². The van der Waals surface area contributed by atoms with Crippen molar-refractivity contribution < 1.29 is 4.79 Å². The smallest absolute Gasteiger partial charge is 0.229 e. The van der Waals surface area contributed by atoms with Crippen LogP contribution in [0.25, 0.3) is 0 Å². The van der Waals surface area contributed by atoms with Gasteiger partial charge < -0.3 is 10.2 Å². The van der Waals surface area contributed by atoms with E-state index in [2.05, 4.69) is 15.2 Å². The Balaban J connectivity index is 2.00. The number of amides is 1. The summed E-state index contributed by atoms with van der Waals surface area (Å²) in [6.07, 6.45) is 5.54. The number of hydrogen-bond donors (Lipinski definition) is 1. The molecule has 0 bridgehead atoms. The van der Waals surface area contributed by atoms with Gasteiger partial charge in [-0.15, -0.1) is 0 Å². The highest BCUT2D eigenvalue weighted by Gasteiger charge is 2.21. The molecule has 0 aliphatic carbocycles. The fraction of sp³-hybridized carbons (Fsp3) is 0.600. The fourth-order valence-corrected chi connectivity index (χ4v) is 2.09. The average molecular weight is 261 g/mol. The quantitative estimate of drug-likeness (QED) is 0.890. The van der Waals surface area contributed by atoms with Crippen LogP contribution in [-0.4, -0.2) is 24.0 Å². The molecule has 1 aromatic rings. The van der Waals surface area contributed by atoms with Crippen molar-refractivity contribution in [1.29, 1.82) is 0 Å². The number of aromatic nitrogens is 1. The lowest BCUT2D eigenvalue weighted by atomic mass is 9.96. The lowest BCUT2D eigenvalue weighted by Crippen LogP contribution is -2.30. The highest BCUT2D eigenvalue weighted by molar-refractivity contribution is 5.94. The lowest BCUT2D eigenvalue weighted by Gasteiger charge is -2.27. The van der Waals surface area contributed by atoms with Crippen LogP contribution in [-0.2, 0) is 4.79 Å². The second-order valence-corrected chi connectivity index (χ2v) is 6.16. The molecule has 1 saturated heterocycles. The van der Waals surface area contributed by atoms with Crippen LogP contribution in [0.15, 0.2) is 18.3 Å². The molecule has 0 spiro atoms. The van der Waals surface area contributed by atoms with E-state index in [1.54, 1.807) is 6.20 Å². The van der Waals surface area contributed by atoms with Gasteiger partial charge in [0.2, 0.25) is 5.91 Å². The zero-order chi connectivity index (χ0) is 13.9. The third-order valence-corrected chi connectivity index (χ3v) is 3.37. The zero-order valence-corrected chi connectivity index (χ0v) is 12.1. The normalized spacial score (nSPS) is 16.3. The van der Waals surface area contributed by atoms with Gasteiger partial charge in [-0.25, -0.2) is 4.98 Å². The molecule has 1 fully saturated rings. The Morgan fingerprint density at radius 1 is 1.21 bits per heavy atom. The summed E-state index contributed by atoms with van der Waals surface area (Å²) in [5, 5.41) is 2.89. The molecule has 0 radical (unpaired) electrons. The van der Waals surface area contributed by atoms with Gasteiger partial charge in [0.25, 0.3) is 0 Å². The first kappa shape index (κ1) is 13.8. The van der Waals surface area contributed by atoms with Gasteiger partial charge in [-0.05, 0) is 31.4 Å². The third-order valence-electron chi connectivity index (χ3n) is 3.37. The molecule has 4 nitrogen and oxygen atoms in total. The van der Waals surface area contributed by atoms with Crippen molar-refractivity contribution in [1.82, 2.24) is 4.98 Å². The number of rotatable bonds is 2. The van der Waals surface area contributed by atoms with E-state index >= 15 is 0 Å². The SMILES string of the molecule is CC(C)(C)C(=O)Nc1ccc(N2CCCCC2)nc1. The minimum Gasteiger partial charge on any atom is -0.357 e. The van der Waals surface area contributed by atoms with Gasteiger partial charge in [-0.2, -0.15) is 0 Å². The maximum Gasteiger partial charge on any atom is 0.229 e. The largest absolute Gasteiger partial charge is 0.357 e. The number of nitrogens with zero attached hydrogens (tertiary/aromatic N) is 2. The molecule has 1 aliphatic rings. The van der Waals surface area contributed by atoms with E-state index < -0.39 is 0 Å². The number of anilines is 2. The lowest BCUT2D eigenvalue weighted by molar-refractivity contribution is -0.123. The predicted molar refractivity (Wildman–Crippen MR) is 78.4 cm³/mol. The van der Waals surface area contributed by atoms with Crippen molar-refractivity contribution in [3.63, 3.8) is 0 Å². The molecule has 1 aliphatic heterocycles. The second kappa shape index (κ2) is 5.59. The third kappa shape index (κ3) is 3.69. The van der Waals surface area contributed by atoms with Crippen LogP contribution in [0, 0.1) is 5.41 Å². The molecular formula is C15H23N3O. The molecule has 4 heteroatoms. The highest BCUT2D eigenvalue weighted by Crippen LogP contribution is 2.20. The molecule has 1 amide bonds. The van der Waals surface area contributed by atoms with Gasteiger partial charge in [0.05, 0.1) is 11.9 Å². The summed E-state index contributed by atoms with van der Waals surface area (Å²) in [7, 11) is 0. The Hall–Kier alpha value is -1.58. The van der Waals surface area contributed by atoms with Crippen LogP contribution in [0.3, 0.4) is 0 Å². The van der Waals surface area contributed by atoms with E-state index in [9.17, 15) is 4.79 Å². The summed E-state index contributed by atoms with van der Waals surface area (Å²) < 4.78 is 0. The van der Waals surface area contributed by atoms with Gasteiger partial charge in [0.15, 0.2) is 0 Å². The first-order valence-corrected chi connectivity index (χ1v) is 6.99.